The minimum Gasteiger partial charge on any atom is -0.396 e. The van der Waals surface area contributed by atoms with Crippen LogP contribution in [0.1, 0.15) is 24.6 Å². The van der Waals surface area contributed by atoms with Gasteiger partial charge in [0.05, 0.1) is 42.4 Å². The van der Waals surface area contributed by atoms with Crippen LogP contribution in [0.4, 0.5) is 15.8 Å². The van der Waals surface area contributed by atoms with Crippen LogP contribution in [0.15, 0.2) is 43.8 Å². The molecule has 0 spiro atoms. The first-order chi connectivity index (χ1) is 17.8. The van der Waals surface area contributed by atoms with Gasteiger partial charge in [-0.15, -0.1) is 11.7 Å². The number of halogens is 1. The first kappa shape index (κ1) is 24.5. The van der Waals surface area contributed by atoms with Crippen LogP contribution in [-0.2, 0) is 9.59 Å². The van der Waals surface area contributed by atoms with Crippen molar-refractivity contribution in [1.82, 2.24) is 34.4 Å². The molecule has 0 unspecified atom stereocenters. The van der Waals surface area contributed by atoms with E-state index in [0.29, 0.717) is 38.2 Å². The summed E-state index contributed by atoms with van der Waals surface area (Å²) in [4.78, 5) is 27.3. The van der Waals surface area contributed by atoms with Crippen molar-refractivity contribution < 1.29 is 14.0 Å². The number of nitrogen functional groups attached to an aromatic ring is 1. The van der Waals surface area contributed by atoms with Crippen molar-refractivity contribution in [3.8, 4) is 11.3 Å². The molecular formula is C25H30FN9O2. The summed E-state index contributed by atoms with van der Waals surface area (Å²) in [7, 11) is 0. The fourth-order valence-electron chi connectivity index (χ4n) is 5.12. The zero-order chi connectivity index (χ0) is 26.3. The molecule has 0 aromatic carbocycles. The SMILES string of the molecule is C=CCNc1cc(-c2nnn(C3CCN(C(=O)C4(F)CN(C(=O)C=C)C4)CC3)c2C)cn2ncc(N)c12. The molecule has 2 aliphatic rings. The van der Waals surface area contributed by atoms with Crippen LogP contribution in [0.3, 0.4) is 0 Å². The van der Waals surface area contributed by atoms with E-state index in [1.165, 1.54) is 4.90 Å². The van der Waals surface area contributed by atoms with Crippen LogP contribution in [0.2, 0.25) is 0 Å². The molecule has 11 nitrogen and oxygen atoms in total. The summed E-state index contributed by atoms with van der Waals surface area (Å²) in [5.74, 6) is -0.919. The van der Waals surface area contributed by atoms with Gasteiger partial charge < -0.3 is 20.9 Å². The lowest BCUT2D eigenvalue weighted by Gasteiger charge is -2.45. The summed E-state index contributed by atoms with van der Waals surface area (Å²) < 4.78 is 18.7. The van der Waals surface area contributed by atoms with E-state index in [9.17, 15) is 9.59 Å². The average molecular weight is 508 g/mol. The molecule has 0 atom stereocenters. The van der Waals surface area contributed by atoms with Crippen LogP contribution in [-0.4, -0.2) is 84.6 Å². The second-order valence-electron chi connectivity index (χ2n) is 9.56. The topological polar surface area (TPSA) is 127 Å². The number of anilines is 2. The average Bonchev–Trinajstić information content (AvgIpc) is 3.46. The summed E-state index contributed by atoms with van der Waals surface area (Å²) in [6.07, 6.45) is 7.62. The van der Waals surface area contributed by atoms with Gasteiger partial charge in [-0.3, -0.25) is 9.59 Å². The van der Waals surface area contributed by atoms with E-state index in [4.69, 9.17) is 5.73 Å². The lowest BCUT2D eigenvalue weighted by Crippen LogP contribution is -2.68. The smallest absolute Gasteiger partial charge is 0.264 e. The van der Waals surface area contributed by atoms with Gasteiger partial charge >= 0.3 is 0 Å². The van der Waals surface area contributed by atoms with Gasteiger partial charge in [-0.1, -0.05) is 17.9 Å². The summed E-state index contributed by atoms with van der Waals surface area (Å²) in [5.41, 5.74) is 8.70. The summed E-state index contributed by atoms with van der Waals surface area (Å²) >= 11 is 0. The Morgan fingerprint density at radius 3 is 2.68 bits per heavy atom. The van der Waals surface area contributed by atoms with Crippen LogP contribution >= 0.6 is 0 Å². The standard InChI is InChI=1S/C25H30FN9O2/c1-4-8-28-20-11-17(13-34-23(20)19(27)12-29-34)22-16(3)35(31-30-22)18-6-9-32(10-7-18)24(37)25(26)14-33(15-25)21(36)5-2/h4-5,11-13,18,28H,1-2,6-10,14-15,27H2,3H3. The second-order valence-corrected chi connectivity index (χ2v) is 9.56. The molecule has 2 saturated heterocycles. The van der Waals surface area contributed by atoms with Crippen molar-refractivity contribution in [2.24, 2.45) is 0 Å². The lowest BCUT2D eigenvalue weighted by atomic mass is 9.92. The quantitative estimate of drug-likeness (QED) is 0.370. The van der Waals surface area contributed by atoms with Gasteiger partial charge in [0.1, 0.15) is 11.2 Å². The van der Waals surface area contributed by atoms with Crippen LogP contribution in [0.5, 0.6) is 0 Å². The molecule has 194 valence electrons. The third kappa shape index (κ3) is 4.21. The number of nitrogens with two attached hydrogens (primary N) is 1. The molecule has 5 heterocycles. The highest BCUT2D eigenvalue weighted by Gasteiger charge is 2.53. The molecule has 12 heteroatoms. The summed E-state index contributed by atoms with van der Waals surface area (Å²) in [5, 5.41) is 16.5. The highest BCUT2D eigenvalue weighted by molar-refractivity contribution is 5.93. The van der Waals surface area contributed by atoms with E-state index in [1.54, 1.807) is 21.7 Å². The van der Waals surface area contributed by atoms with E-state index < -0.39 is 11.6 Å². The molecule has 0 radical (unpaired) electrons. The Labute approximate surface area is 213 Å². The number of carbonyl (C=O) groups excluding carboxylic acids is 2. The number of rotatable bonds is 7. The summed E-state index contributed by atoms with van der Waals surface area (Å²) in [6.45, 7) is 10.1. The number of hydrogen-bond donors (Lipinski definition) is 2. The fraction of sp³-hybridized carbons (Fsp3) is 0.400. The Morgan fingerprint density at radius 1 is 1.27 bits per heavy atom. The van der Waals surface area contributed by atoms with Gasteiger partial charge in [0.2, 0.25) is 11.6 Å². The fourth-order valence-corrected chi connectivity index (χ4v) is 5.12. The maximum atomic E-state index is 15.1. The number of alkyl halides is 1. The van der Waals surface area contributed by atoms with Gasteiger partial charge in [0.25, 0.3) is 5.91 Å². The molecule has 0 saturated carbocycles. The normalized spacial score (nSPS) is 17.5. The lowest BCUT2D eigenvalue weighted by molar-refractivity contribution is -0.162. The monoisotopic (exact) mass is 507 g/mol. The van der Waals surface area contributed by atoms with Crippen molar-refractivity contribution in [2.45, 2.75) is 31.5 Å². The molecule has 3 aromatic rings. The van der Waals surface area contributed by atoms with Crippen molar-refractivity contribution in [1.29, 1.82) is 0 Å². The molecule has 0 bridgehead atoms. The van der Waals surface area contributed by atoms with Gasteiger partial charge in [0.15, 0.2) is 0 Å². The van der Waals surface area contributed by atoms with E-state index >= 15 is 4.39 Å². The number of likely N-dealkylation sites (tertiary alicyclic amines) is 2. The maximum Gasteiger partial charge on any atom is 0.264 e. The van der Waals surface area contributed by atoms with Crippen LogP contribution in [0.25, 0.3) is 16.8 Å². The second kappa shape index (κ2) is 9.34. The molecule has 37 heavy (non-hydrogen) atoms. The van der Waals surface area contributed by atoms with Crippen LogP contribution < -0.4 is 11.1 Å². The first-order valence-electron chi connectivity index (χ1n) is 12.2. The minimum absolute atomic E-state index is 0.0310. The van der Waals surface area contributed by atoms with E-state index in [2.05, 4.69) is 33.9 Å². The van der Waals surface area contributed by atoms with E-state index in [0.717, 1.165) is 34.2 Å². The molecular weight excluding hydrogens is 477 g/mol. The Hall–Kier alpha value is -4.22. The zero-order valence-corrected chi connectivity index (χ0v) is 20.7. The number of aromatic nitrogens is 5. The third-order valence-corrected chi connectivity index (χ3v) is 7.13. The molecule has 3 N–H and O–H groups in total. The number of fused-ring (bicyclic) bond motifs is 1. The predicted molar refractivity (Wildman–Crippen MR) is 138 cm³/mol. The molecule has 2 amide bonds. The number of piperidine rings is 1. The minimum atomic E-state index is -2.02. The van der Waals surface area contributed by atoms with Gasteiger partial charge in [0, 0.05) is 31.4 Å². The van der Waals surface area contributed by atoms with E-state index in [1.807, 2.05) is 23.9 Å². The van der Waals surface area contributed by atoms with Crippen LogP contribution in [0, 0.1) is 6.92 Å². The Kier molecular flexibility index (Phi) is 6.18. The molecule has 2 fully saturated rings. The number of nitrogens with zero attached hydrogens (tertiary/aromatic N) is 7. The number of carbonyl (C=O) groups is 2. The van der Waals surface area contributed by atoms with Crippen molar-refractivity contribution >= 4 is 28.7 Å². The first-order valence-corrected chi connectivity index (χ1v) is 12.2. The number of nitrogens with one attached hydrogen (secondary N) is 1. The van der Waals surface area contributed by atoms with Gasteiger partial charge in [-0.05, 0) is 31.9 Å². The molecule has 2 aliphatic heterocycles. The van der Waals surface area contributed by atoms with Crippen molar-refractivity contribution in [3.05, 3.63) is 49.5 Å². The maximum absolute atomic E-state index is 15.1. The number of hydrogen-bond acceptors (Lipinski definition) is 7. The van der Waals surface area contributed by atoms with Gasteiger partial charge in [-0.25, -0.2) is 13.6 Å². The Morgan fingerprint density at radius 2 is 2.00 bits per heavy atom. The molecule has 5 rings (SSSR count). The van der Waals surface area contributed by atoms with Crippen molar-refractivity contribution in [2.75, 3.05) is 43.8 Å². The van der Waals surface area contributed by atoms with Crippen molar-refractivity contribution in [3.63, 3.8) is 0 Å². The predicted octanol–water partition coefficient (Wildman–Crippen LogP) is 1.98. The molecule has 3 aromatic heterocycles. The summed E-state index contributed by atoms with van der Waals surface area (Å²) in [6, 6.07) is 2.00. The Bertz CT molecular complexity index is 1380. The largest absolute Gasteiger partial charge is 0.396 e. The Balaban J connectivity index is 1.30. The van der Waals surface area contributed by atoms with Gasteiger partial charge in [-0.2, -0.15) is 5.10 Å². The number of pyridine rings is 1. The van der Waals surface area contributed by atoms with E-state index in [-0.39, 0.29) is 25.0 Å². The third-order valence-electron chi connectivity index (χ3n) is 7.13. The molecule has 0 aliphatic carbocycles. The zero-order valence-electron chi connectivity index (χ0n) is 20.7. The number of amides is 2. The highest BCUT2D eigenvalue weighted by atomic mass is 19.1. The highest BCUT2D eigenvalue weighted by Crippen LogP contribution is 2.34.